The molecule has 5 amide bonds. The van der Waals surface area contributed by atoms with E-state index in [1.54, 1.807) is 12.1 Å². The van der Waals surface area contributed by atoms with Crippen LogP contribution in [0, 0.1) is 0 Å². The molecule has 0 aliphatic carbocycles. The second kappa shape index (κ2) is 8.01. The van der Waals surface area contributed by atoms with E-state index >= 15 is 0 Å². The van der Waals surface area contributed by atoms with Gasteiger partial charge in [0.2, 0.25) is 5.91 Å². The smallest absolute Gasteiger partial charge is 0.335 e. The van der Waals surface area contributed by atoms with Crippen LogP contribution in [0.2, 0.25) is 5.02 Å². The predicted octanol–water partition coefficient (Wildman–Crippen LogP) is 2.04. The van der Waals surface area contributed by atoms with Crippen LogP contribution in [-0.4, -0.2) is 52.7 Å². The van der Waals surface area contributed by atoms with Crippen LogP contribution >= 0.6 is 11.6 Å². The first kappa shape index (κ1) is 19.5. The second-order valence-electron chi connectivity index (χ2n) is 5.74. The first-order valence-electron chi connectivity index (χ1n) is 7.78. The molecule has 1 N–H and O–H groups in total. The molecule has 1 fully saturated rings. The molecule has 1 saturated heterocycles. The Morgan fingerprint density at radius 1 is 1.27 bits per heavy atom. The summed E-state index contributed by atoms with van der Waals surface area (Å²) in [6.07, 6.45) is 1.26. The van der Waals surface area contributed by atoms with Gasteiger partial charge in [0.25, 0.3) is 0 Å². The Kier molecular flexibility index (Phi) is 5.99. The Balaban J connectivity index is 2.04. The minimum Gasteiger partial charge on any atom is -0.489 e. The van der Waals surface area contributed by atoms with Crippen molar-refractivity contribution in [2.75, 3.05) is 18.4 Å². The van der Waals surface area contributed by atoms with Gasteiger partial charge < -0.3 is 10.1 Å². The highest BCUT2D eigenvalue weighted by atomic mass is 35.5. The lowest BCUT2D eigenvalue weighted by Crippen LogP contribution is -2.39. The zero-order valence-electron chi connectivity index (χ0n) is 14.3. The summed E-state index contributed by atoms with van der Waals surface area (Å²) >= 11 is 6.09. The highest BCUT2D eigenvalue weighted by Crippen LogP contribution is 2.28. The first-order chi connectivity index (χ1) is 12.2. The molecule has 0 spiro atoms. The Morgan fingerprint density at radius 3 is 2.50 bits per heavy atom. The quantitative estimate of drug-likeness (QED) is 0.444. The van der Waals surface area contributed by atoms with Crippen molar-refractivity contribution in [2.24, 2.45) is 0 Å². The molecule has 1 aromatic carbocycles. The third-order valence-electron chi connectivity index (χ3n) is 3.33. The van der Waals surface area contributed by atoms with E-state index in [4.69, 9.17) is 16.3 Å². The zero-order chi connectivity index (χ0) is 19.4. The molecular weight excluding hydrogens is 362 g/mol. The number of benzene rings is 1. The molecule has 0 radical (unpaired) electrons. The highest BCUT2D eigenvalue weighted by Gasteiger charge is 2.44. The fourth-order valence-corrected chi connectivity index (χ4v) is 2.48. The maximum atomic E-state index is 12.1. The van der Waals surface area contributed by atoms with Gasteiger partial charge in [-0.15, -0.1) is 6.58 Å². The first-order valence-corrected chi connectivity index (χ1v) is 8.16. The molecule has 1 aliphatic heterocycles. The summed E-state index contributed by atoms with van der Waals surface area (Å²) in [7, 11) is 0. The Hall–Kier alpha value is -2.87. The van der Waals surface area contributed by atoms with Crippen LogP contribution in [0.15, 0.2) is 30.9 Å². The molecule has 26 heavy (non-hydrogen) atoms. The standard InChI is InChI=1S/C17H18ClN3O5/c1-4-7-20-15(23)16(24)21(17(20)25)9-14(22)19-11-5-6-13(12(18)8-11)26-10(2)3/h4-6,8,10H,1,7,9H2,2-3H3,(H,19,22). The van der Waals surface area contributed by atoms with Gasteiger partial charge in [0.05, 0.1) is 11.1 Å². The topological polar surface area (TPSA) is 96.0 Å². The molecule has 1 aliphatic rings. The van der Waals surface area contributed by atoms with Gasteiger partial charge in [-0.1, -0.05) is 17.7 Å². The number of amides is 5. The van der Waals surface area contributed by atoms with E-state index < -0.39 is 30.3 Å². The summed E-state index contributed by atoms with van der Waals surface area (Å²) in [6, 6.07) is 3.80. The van der Waals surface area contributed by atoms with E-state index in [2.05, 4.69) is 11.9 Å². The number of anilines is 1. The number of urea groups is 1. The number of carbonyl (C=O) groups is 4. The Labute approximate surface area is 155 Å². The van der Waals surface area contributed by atoms with Crippen LogP contribution < -0.4 is 10.1 Å². The lowest BCUT2D eigenvalue weighted by Gasteiger charge is -2.15. The van der Waals surface area contributed by atoms with Crippen molar-refractivity contribution in [2.45, 2.75) is 20.0 Å². The third-order valence-corrected chi connectivity index (χ3v) is 3.62. The normalized spacial score (nSPS) is 14.2. The fourth-order valence-electron chi connectivity index (χ4n) is 2.25. The summed E-state index contributed by atoms with van der Waals surface area (Å²) in [5, 5.41) is 2.82. The summed E-state index contributed by atoms with van der Waals surface area (Å²) in [4.78, 5) is 49.1. The van der Waals surface area contributed by atoms with Crippen LogP contribution in [0.25, 0.3) is 0 Å². The number of rotatable bonds is 7. The van der Waals surface area contributed by atoms with Crippen LogP contribution in [0.4, 0.5) is 10.5 Å². The van der Waals surface area contributed by atoms with E-state index in [1.165, 1.54) is 12.1 Å². The molecule has 0 unspecified atom stereocenters. The molecule has 1 heterocycles. The highest BCUT2D eigenvalue weighted by molar-refractivity contribution is 6.45. The average Bonchev–Trinajstić information content (AvgIpc) is 2.75. The lowest BCUT2D eigenvalue weighted by molar-refractivity contribution is -0.143. The van der Waals surface area contributed by atoms with E-state index in [9.17, 15) is 19.2 Å². The number of halogens is 1. The molecule has 0 aromatic heterocycles. The number of ether oxygens (including phenoxy) is 1. The third kappa shape index (κ3) is 4.20. The summed E-state index contributed by atoms with van der Waals surface area (Å²) in [5.41, 5.74) is 0.365. The maximum Gasteiger partial charge on any atom is 0.335 e. The van der Waals surface area contributed by atoms with Crippen LogP contribution in [0.1, 0.15) is 13.8 Å². The largest absolute Gasteiger partial charge is 0.489 e. The van der Waals surface area contributed by atoms with Gasteiger partial charge in [-0.3, -0.25) is 19.3 Å². The van der Waals surface area contributed by atoms with Gasteiger partial charge >= 0.3 is 17.8 Å². The monoisotopic (exact) mass is 379 g/mol. The summed E-state index contributed by atoms with van der Waals surface area (Å²) < 4.78 is 5.49. The van der Waals surface area contributed by atoms with Crippen LogP contribution in [-0.2, 0) is 14.4 Å². The molecule has 0 bridgehead atoms. The van der Waals surface area contributed by atoms with Crippen molar-refractivity contribution in [3.63, 3.8) is 0 Å². The minimum absolute atomic E-state index is 0.0591. The number of imide groups is 2. The zero-order valence-corrected chi connectivity index (χ0v) is 15.1. The molecule has 138 valence electrons. The van der Waals surface area contributed by atoms with Gasteiger partial charge in [-0.05, 0) is 32.0 Å². The Morgan fingerprint density at radius 2 is 1.92 bits per heavy atom. The van der Waals surface area contributed by atoms with Crippen molar-refractivity contribution >= 4 is 41.0 Å². The van der Waals surface area contributed by atoms with Crippen molar-refractivity contribution in [3.05, 3.63) is 35.9 Å². The van der Waals surface area contributed by atoms with Crippen molar-refractivity contribution in [1.82, 2.24) is 9.80 Å². The SMILES string of the molecule is C=CCN1C(=O)C(=O)N(CC(=O)Nc2ccc(OC(C)C)c(Cl)c2)C1=O. The molecule has 9 heteroatoms. The van der Waals surface area contributed by atoms with Gasteiger partial charge in [0.15, 0.2) is 0 Å². The summed E-state index contributed by atoms with van der Waals surface area (Å²) in [5.74, 6) is -2.21. The number of nitrogens with one attached hydrogen (secondary N) is 1. The van der Waals surface area contributed by atoms with Crippen molar-refractivity contribution in [1.29, 1.82) is 0 Å². The molecule has 0 atom stereocenters. The lowest BCUT2D eigenvalue weighted by atomic mass is 10.3. The van der Waals surface area contributed by atoms with Crippen molar-refractivity contribution < 1.29 is 23.9 Å². The Bertz CT molecular complexity index is 778. The second-order valence-corrected chi connectivity index (χ2v) is 6.15. The van der Waals surface area contributed by atoms with E-state index in [-0.39, 0.29) is 12.6 Å². The molecule has 1 aromatic rings. The van der Waals surface area contributed by atoms with Crippen molar-refractivity contribution in [3.8, 4) is 5.75 Å². The maximum absolute atomic E-state index is 12.1. The molecule has 8 nitrogen and oxygen atoms in total. The van der Waals surface area contributed by atoms with Crippen LogP contribution in [0.5, 0.6) is 5.75 Å². The van der Waals surface area contributed by atoms with E-state index in [0.29, 0.717) is 21.4 Å². The molecular formula is C17H18ClN3O5. The number of carbonyl (C=O) groups excluding carboxylic acids is 4. The van der Waals surface area contributed by atoms with E-state index in [1.807, 2.05) is 13.8 Å². The number of nitrogens with zero attached hydrogens (tertiary/aromatic N) is 2. The van der Waals surface area contributed by atoms with Crippen LogP contribution in [0.3, 0.4) is 0 Å². The minimum atomic E-state index is -1.05. The predicted molar refractivity (Wildman–Crippen MR) is 94.9 cm³/mol. The number of hydrogen-bond donors (Lipinski definition) is 1. The average molecular weight is 380 g/mol. The van der Waals surface area contributed by atoms with Gasteiger partial charge in [0, 0.05) is 12.2 Å². The molecule has 0 saturated carbocycles. The van der Waals surface area contributed by atoms with E-state index in [0.717, 1.165) is 4.90 Å². The molecule has 2 rings (SSSR count). The number of hydrogen-bond acceptors (Lipinski definition) is 5. The fraction of sp³-hybridized carbons (Fsp3) is 0.294. The summed E-state index contributed by atoms with van der Waals surface area (Å²) in [6.45, 7) is 6.44. The van der Waals surface area contributed by atoms with Gasteiger partial charge in [-0.25, -0.2) is 9.69 Å². The van der Waals surface area contributed by atoms with Gasteiger partial charge in [-0.2, -0.15) is 0 Å². The van der Waals surface area contributed by atoms with Gasteiger partial charge in [0.1, 0.15) is 12.3 Å².